The molecule has 0 unspecified atom stereocenters. The number of nitrogens with zero attached hydrogens (tertiary/aromatic N) is 1. The molecule has 2 N–H and O–H groups in total. The summed E-state index contributed by atoms with van der Waals surface area (Å²) in [5.74, 6) is 0.866. The van der Waals surface area contributed by atoms with Crippen molar-refractivity contribution in [1.29, 1.82) is 0 Å². The second-order valence-corrected chi connectivity index (χ2v) is 8.05. The Morgan fingerprint density at radius 3 is 2.48 bits per heavy atom. The highest BCUT2D eigenvalue weighted by Gasteiger charge is 2.19. The van der Waals surface area contributed by atoms with Crippen LogP contribution in [-0.2, 0) is 6.54 Å². The molecule has 0 fully saturated rings. The second-order valence-electron chi connectivity index (χ2n) is 6.22. The fraction of sp³-hybridized carbons (Fsp3) is 0.136. The first-order valence-corrected chi connectivity index (χ1v) is 10.6. The van der Waals surface area contributed by atoms with E-state index in [0.29, 0.717) is 6.04 Å². The predicted octanol–water partition coefficient (Wildman–Crippen LogP) is 4.73. The van der Waals surface area contributed by atoms with Gasteiger partial charge in [0.05, 0.1) is 12.0 Å². The molecule has 2 heterocycles. The summed E-state index contributed by atoms with van der Waals surface area (Å²) in [6.45, 7) is 0.851. The maximum absolute atomic E-state index is 5.23. The number of rotatable bonds is 7. The zero-order chi connectivity index (χ0) is 18.5. The lowest BCUT2D eigenvalue weighted by atomic mass is 10.1. The molecule has 0 radical (unpaired) electrons. The average Bonchev–Trinajstić information content (AvgIpc) is 3.42. The fourth-order valence-corrected chi connectivity index (χ4v) is 4.74. The first kappa shape index (κ1) is 17.9. The molecule has 5 heteroatoms. The molecule has 0 aliphatic heterocycles. The molecule has 0 aliphatic rings. The molecule has 4 aromatic rings. The number of nitrogens with two attached hydrogens (primary N) is 1. The number of aromatic nitrogens is 1. The van der Waals surface area contributed by atoms with Gasteiger partial charge in [-0.15, -0.1) is 22.7 Å². The molecule has 0 saturated carbocycles. The predicted molar refractivity (Wildman–Crippen MR) is 112 cm³/mol. The SMILES string of the molecule is COc1ccc(-c2nc(C[NH2+][C@@H](c3ccccc3)c3cccs3)cs2)cc1. The van der Waals surface area contributed by atoms with Gasteiger partial charge in [-0.3, -0.25) is 0 Å². The molecule has 4 rings (SSSR count). The minimum absolute atomic E-state index is 0.303. The molecule has 136 valence electrons. The molecule has 3 nitrogen and oxygen atoms in total. The number of thiophene rings is 1. The van der Waals surface area contributed by atoms with Crippen LogP contribution in [0.15, 0.2) is 77.5 Å². The van der Waals surface area contributed by atoms with Crippen LogP contribution >= 0.6 is 22.7 Å². The summed E-state index contributed by atoms with van der Waals surface area (Å²) >= 11 is 3.50. The Balaban J connectivity index is 1.49. The summed E-state index contributed by atoms with van der Waals surface area (Å²) in [6.07, 6.45) is 0. The van der Waals surface area contributed by atoms with Gasteiger partial charge in [0.15, 0.2) is 0 Å². The summed E-state index contributed by atoms with van der Waals surface area (Å²) in [5, 5.41) is 7.72. The van der Waals surface area contributed by atoms with Crippen molar-refractivity contribution < 1.29 is 10.1 Å². The van der Waals surface area contributed by atoms with Crippen LogP contribution in [0.5, 0.6) is 5.75 Å². The third-order valence-electron chi connectivity index (χ3n) is 4.46. The van der Waals surface area contributed by atoms with E-state index in [2.05, 4.69) is 70.7 Å². The van der Waals surface area contributed by atoms with E-state index < -0.39 is 0 Å². The summed E-state index contributed by atoms with van der Waals surface area (Å²) in [4.78, 5) is 6.20. The lowest BCUT2D eigenvalue weighted by Crippen LogP contribution is -2.83. The van der Waals surface area contributed by atoms with Gasteiger partial charge < -0.3 is 10.1 Å². The van der Waals surface area contributed by atoms with E-state index in [4.69, 9.17) is 9.72 Å². The Kier molecular flexibility index (Phi) is 5.63. The van der Waals surface area contributed by atoms with Crippen LogP contribution in [0.25, 0.3) is 10.6 Å². The van der Waals surface area contributed by atoms with Crippen molar-refractivity contribution in [3.05, 3.63) is 93.6 Å². The van der Waals surface area contributed by atoms with Crippen molar-refractivity contribution in [2.24, 2.45) is 0 Å². The van der Waals surface area contributed by atoms with Crippen molar-refractivity contribution in [1.82, 2.24) is 4.98 Å². The molecule has 2 aromatic heterocycles. The highest BCUT2D eigenvalue weighted by Crippen LogP contribution is 2.26. The maximum Gasteiger partial charge on any atom is 0.147 e. The third-order valence-corrected chi connectivity index (χ3v) is 6.36. The van der Waals surface area contributed by atoms with E-state index in [9.17, 15) is 0 Å². The van der Waals surface area contributed by atoms with Gasteiger partial charge in [-0.05, 0) is 35.7 Å². The van der Waals surface area contributed by atoms with Crippen molar-refractivity contribution in [3.8, 4) is 16.3 Å². The standard InChI is InChI=1S/C22H20N2OS2/c1-25-19-11-9-17(10-12-19)22-24-18(15-27-22)14-23-21(20-8-5-13-26-20)16-6-3-2-4-7-16/h2-13,15,21,23H,14H2,1H3/p+1/t21-/m0/s1. The van der Waals surface area contributed by atoms with Crippen LogP contribution in [-0.4, -0.2) is 12.1 Å². The van der Waals surface area contributed by atoms with Crippen LogP contribution in [0.1, 0.15) is 22.2 Å². The van der Waals surface area contributed by atoms with Crippen LogP contribution in [0, 0.1) is 0 Å². The molecular weight excluding hydrogens is 372 g/mol. The van der Waals surface area contributed by atoms with Gasteiger partial charge in [-0.2, -0.15) is 0 Å². The zero-order valence-corrected chi connectivity index (χ0v) is 16.7. The van der Waals surface area contributed by atoms with Crippen LogP contribution < -0.4 is 10.1 Å². The lowest BCUT2D eigenvalue weighted by Gasteiger charge is -2.14. The van der Waals surface area contributed by atoms with Gasteiger partial charge in [-0.1, -0.05) is 36.4 Å². The number of hydrogen-bond acceptors (Lipinski definition) is 4. The van der Waals surface area contributed by atoms with Crippen molar-refractivity contribution in [2.45, 2.75) is 12.6 Å². The largest absolute Gasteiger partial charge is 0.497 e. The van der Waals surface area contributed by atoms with E-state index in [1.807, 2.05) is 12.1 Å². The van der Waals surface area contributed by atoms with Crippen molar-refractivity contribution >= 4 is 22.7 Å². The number of quaternary nitrogens is 1. The zero-order valence-electron chi connectivity index (χ0n) is 15.0. The fourth-order valence-electron chi connectivity index (χ4n) is 3.05. The Labute approximate surface area is 167 Å². The summed E-state index contributed by atoms with van der Waals surface area (Å²) in [5.41, 5.74) is 3.57. The monoisotopic (exact) mass is 393 g/mol. The number of hydrogen-bond donors (Lipinski definition) is 1. The second kappa shape index (κ2) is 8.48. The first-order chi connectivity index (χ1) is 13.3. The van der Waals surface area contributed by atoms with Crippen LogP contribution in [0.4, 0.5) is 0 Å². The molecule has 0 saturated heterocycles. The molecule has 0 amide bonds. The Bertz CT molecular complexity index is 963. The first-order valence-electron chi connectivity index (χ1n) is 8.84. The molecule has 0 bridgehead atoms. The molecule has 0 spiro atoms. The van der Waals surface area contributed by atoms with Gasteiger partial charge in [0.1, 0.15) is 29.0 Å². The van der Waals surface area contributed by atoms with E-state index in [0.717, 1.165) is 28.6 Å². The smallest absolute Gasteiger partial charge is 0.147 e. The lowest BCUT2D eigenvalue weighted by molar-refractivity contribution is -0.702. The van der Waals surface area contributed by atoms with Gasteiger partial charge >= 0.3 is 0 Å². The van der Waals surface area contributed by atoms with Crippen LogP contribution in [0.3, 0.4) is 0 Å². The normalized spacial score (nSPS) is 12.0. The minimum Gasteiger partial charge on any atom is -0.497 e. The maximum atomic E-state index is 5.23. The Hall–Kier alpha value is -2.47. The van der Waals surface area contributed by atoms with Gasteiger partial charge in [0.25, 0.3) is 0 Å². The van der Waals surface area contributed by atoms with E-state index in [1.54, 1.807) is 29.8 Å². The average molecular weight is 394 g/mol. The molecule has 0 aliphatic carbocycles. The van der Waals surface area contributed by atoms with E-state index in [1.165, 1.54) is 10.4 Å². The van der Waals surface area contributed by atoms with E-state index >= 15 is 0 Å². The summed E-state index contributed by atoms with van der Waals surface area (Å²) in [7, 11) is 1.68. The quantitative estimate of drug-likeness (QED) is 0.493. The Morgan fingerprint density at radius 2 is 1.78 bits per heavy atom. The van der Waals surface area contributed by atoms with Crippen molar-refractivity contribution in [3.63, 3.8) is 0 Å². The minimum atomic E-state index is 0.303. The summed E-state index contributed by atoms with van der Waals surface area (Å²) in [6, 6.07) is 23.4. The molecule has 2 aromatic carbocycles. The number of thiazole rings is 1. The van der Waals surface area contributed by atoms with Gasteiger partial charge in [0, 0.05) is 16.5 Å². The Morgan fingerprint density at radius 1 is 0.963 bits per heavy atom. The third kappa shape index (κ3) is 4.27. The van der Waals surface area contributed by atoms with Gasteiger partial charge in [-0.25, -0.2) is 4.98 Å². The van der Waals surface area contributed by atoms with E-state index in [-0.39, 0.29) is 0 Å². The topological polar surface area (TPSA) is 38.7 Å². The molecule has 1 atom stereocenters. The van der Waals surface area contributed by atoms with Gasteiger partial charge in [0.2, 0.25) is 0 Å². The van der Waals surface area contributed by atoms with Crippen LogP contribution in [0.2, 0.25) is 0 Å². The number of ether oxygens (including phenoxy) is 1. The van der Waals surface area contributed by atoms with Crippen molar-refractivity contribution in [2.75, 3.05) is 7.11 Å². The number of benzene rings is 2. The molecular formula is C22H21N2OS2+. The molecule has 27 heavy (non-hydrogen) atoms. The summed E-state index contributed by atoms with van der Waals surface area (Å²) < 4.78 is 5.23. The highest BCUT2D eigenvalue weighted by molar-refractivity contribution is 7.13. The highest BCUT2D eigenvalue weighted by atomic mass is 32.1. The number of methoxy groups -OCH3 is 1.